The van der Waals surface area contributed by atoms with Crippen LogP contribution in [-0.4, -0.2) is 52.4 Å². The molecule has 0 saturated heterocycles. The average molecular weight is 614 g/mol. The van der Waals surface area contributed by atoms with E-state index in [9.17, 15) is 23.3 Å². The lowest BCUT2D eigenvalue weighted by Crippen LogP contribution is -2.39. The Balaban J connectivity index is 1.62. The van der Waals surface area contributed by atoms with Gasteiger partial charge in [0.15, 0.2) is 0 Å². The monoisotopic (exact) mass is 613 g/mol. The Morgan fingerprint density at radius 3 is 2.41 bits per heavy atom. The fraction of sp³-hybridized carbons (Fsp3) is 0.464. The summed E-state index contributed by atoms with van der Waals surface area (Å²) in [5.74, 6) is -1.89. The van der Waals surface area contributed by atoms with Crippen LogP contribution in [0, 0.1) is 5.82 Å². The Kier molecular flexibility index (Phi) is 12.1. The summed E-state index contributed by atoms with van der Waals surface area (Å²) in [6.45, 7) is 1.36. The molecule has 2 aromatic carbocycles. The molecule has 224 valence electrons. The Labute approximate surface area is 242 Å². The van der Waals surface area contributed by atoms with Gasteiger partial charge in [0.05, 0.1) is 12.6 Å². The Morgan fingerprint density at radius 1 is 1.07 bits per heavy atom. The normalized spacial score (nSPS) is 15.4. The zero-order chi connectivity index (χ0) is 30.0. The highest BCUT2D eigenvalue weighted by Gasteiger charge is 2.24. The third-order valence-electron chi connectivity index (χ3n) is 6.46. The van der Waals surface area contributed by atoms with Crippen LogP contribution in [0.3, 0.4) is 0 Å². The second kappa shape index (κ2) is 15.3. The Bertz CT molecular complexity index is 1250. The van der Waals surface area contributed by atoms with Gasteiger partial charge in [0.2, 0.25) is 12.2 Å². The number of esters is 1. The van der Waals surface area contributed by atoms with Crippen LogP contribution < -0.4 is 5.32 Å². The van der Waals surface area contributed by atoms with Crippen molar-refractivity contribution in [1.29, 1.82) is 0 Å². The average Bonchev–Trinajstić information content (AvgIpc) is 2.89. The van der Waals surface area contributed by atoms with E-state index >= 15 is 0 Å². The van der Waals surface area contributed by atoms with Crippen LogP contribution in [0.5, 0.6) is 0 Å². The van der Waals surface area contributed by atoms with Crippen LogP contribution in [0.4, 0.5) is 9.18 Å². The van der Waals surface area contributed by atoms with Crippen LogP contribution in [-0.2, 0) is 34.8 Å². The summed E-state index contributed by atoms with van der Waals surface area (Å²) in [5, 5.41) is 2.98. The van der Waals surface area contributed by atoms with Crippen LogP contribution in [0.25, 0.3) is 11.1 Å². The minimum atomic E-state index is -4.40. The molecule has 0 spiro atoms. The van der Waals surface area contributed by atoms with E-state index in [2.05, 4.69) is 5.32 Å². The van der Waals surface area contributed by atoms with Crippen LogP contribution in [0.2, 0.25) is 5.02 Å². The maximum atomic E-state index is 14.3. The summed E-state index contributed by atoms with van der Waals surface area (Å²) >= 11 is 5.99. The van der Waals surface area contributed by atoms with Crippen molar-refractivity contribution in [2.24, 2.45) is 0 Å². The van der Waals surface area contributed by atoms with Crippen molar-refractivity contribution in [2.45, 2.75) is 76.7 Å². The number of ether oxygens (including phenoxy) is 3. The Morgan fingerprint density at radius 2 is 1.76 bits per heavy atom. The lowest BCUT2D eigenvalue weighted by Gasteiger charge is -2.23. The first-order valence-corrected chi connectivity index (χ1v) is 15.5. The summed E-state index contributed by atoms with van der Waals surface area (Å²) in [7, 11) is -4.40. The van der Waals surface area contributed by atoms with E-state index in [0.717, 1.165) is 32.1 Å². The highest BCUT2D eigenvalue weighted by atomic mass is 35.5. The summed E-state index contributed by atoms with van der Waals surface area (Å²) in [6.07, 6.45) is 0.841. The van der Waals surface area contributed by atoms with Gasteiger partial charge in [0.1, 0.15) is 11.9 Å². The molecule has 1 aliphatic rings. The molecule has 13 heteroatoms. The maximum Gasteiger partial charge on any atom is 0.511 e. The molecule has 2 aromatic rings. The van der Waals surface area contributed by atoms with Crippen molar-refractivity contribution in [2.75, 3.05) is 6.16 Å². The third-order valence-corrected chi connectivity index (χ3v) is 7.50. The molecular weight excluding hydrogens is 580 g/mol. The second-order valence-corrected chi connectivity index (χ2v) is 12.1. The van der Waals surface area contributed by atoms with Gasteiger partial charge in [-0.05, 0) is 61.4 Å². The van der Waals surface area contributed by atoms with Crippen molar-refractivity contribution in [3.63, 3.8) is 0 Å². The van der Waals surface area contributed by atoms with Gasteiger partial charge in [0, 0.05) is 30.0 Å². The number of hydrogen-bond acceptors (Lipinski definition) is 7. The third kappa shape index (κ3) is 11.8. The molecule has 0 bridgehead atoms. The van der Waals surface area contributed by atoms with E-state index in [4.69, 9.17) is 35.6 Å². The quantitative estimate of drug-likeness (QED) is 0.160. The van der Waals surface area contributed by atoms with Gasteiger partial charge < -0.3 is 29.3 Å². The van der Waals surface area contributed by atoms with E-state index in [1.54, 1.807) is 24.3 Å². The van der Waals surface area contributed by atoms with E-state index in [1.807, 2.05) is 0 Å². The van der Waals surface area contributed by atoms with Crippen molar-refractivity contribution in [3.05, 3.63) is 58.9 Å². The van der Waals surface area contributed by atoms with Crippen LogP contribution in [0.15, 0.2) is 42.5 Å². The minimum Gasteiger partial charge on any atom is -0.431 e. The number of rotatable bonds is 12. The molecule has 1 saturated carbocycles. The van der Waals surface area contributed by atoms with Gasteiger partial charge in [-0.25, -0.2) is 9.18 Å². The topological polar surface area (TPSA) is 148 Å². The molecule has 2 atom stereocenters. The molecule has 0 radical (unpaired) electrons. The minimum absolute atomic E-state index is 0.147. The standard InChI is InChI=1S/C28H34ClFNO9P/c1-18(39-28(34)40-23-5-3-2-4-6-23)38-27(33)17-22(31-26(32)13-14-41(35,36)37)15-19-7-9-20(10-8-19)24-16-21(29)11-12-25(24)30/h7-12,16,18,22-23H,2-6,13-15,17H2,1H3,(H,31,32)(H2,35,36,37)/t18-,22+/m0/s1. The first kappa shape index (κ1) is 32.5. The molecule has 0 aliphatic heterocycles. The molecule has 3 rings (SSSR count). The van der Waals surface area contributed by atoms with Crippen molar-refractivity contribution < 1.29 is 47.3 Å². The summed E-state index contributed by atoms with van der Waals surface area (Å²) in [6, 6.07) is 10.1. The van der Waals surface area contributed by atoms with Gasteiger partial charge in [-0.3, -0.25) is 14.2 Å². The summed E-state index contributed by atoms with van der Waals surface area (Å²) < 4.78 is 40.9. The molecule has 1 amide bonds. The van der Waals surface area contributed by atoms with E-state index in [0.29, 0.717) is 21.7 Å². The molecule has 3 N–H and O–H groups in total. The number of carbonyl (C=O) groups is 3. The van der Waals surface area contributed by atoms with Crippen molar-refractivity contribution in [1.82, 2.24) is 5.32 Å². The lowest BCUT2D eigenvalue weighted by molar-refractivity contribution is -0.169. The zero-order valence-corrected chi connectivity index (χ0v) is 24.2. The molecule has 0 heterocycles. The number of nitrogens with one attached hydrogen (secondary N) is 1. The zero-order valence-electron chi connectivity index (χ0n) is 22.6. The van der Waals surface area contributed by atoms with Crippen LogP contribution >= 0.6 is 19.2 Å². The molecule has 41 heavy (non-hydrogen) atoms. The molecule has 0 aromatic heterocycles. The first-order valence-electron chi connectivity index (χ1n) is 13.3. The molecule has 1 fully saturated rings. The number of benzene rings is 2. The van der Waals surface area contributed by atoms with E-state index < -0.39 is 56.4 Å². The van der Waals surface area contributed by atoms with Gasteiger partial charge >= 0.3 is 19.7 Å². The molecule has 1 aliphatic carbocycles. The number of carbonyl (C=O) groups excluding carboxylic acids is 3. The van der Waals surface area contributed by atoms with Gasteiger partial charge in [0.25, 0.3) is 0 Å². The molecule has 0 unspecified atom stereocenters. The summed E-state index contributed by atoms with van der Waals surface area (Å²) in [5.41, 5.74) is 1.57. The van der Waals surface area contributed by atoms with Gasteiger partial charge in [-0.15, -0.1) is 0 Å². The first-order chi connectivity index (χ1) is 19.4. The predicted octanol–water partition coefficient (Wildman–Crippen LogP) is 5.51. The fourth-order valence-corrected chi connectivity index (χ4v) is 5.15. The fourth-order valence-electron chi connectivity index (χ4n) is 4.49. The Hall–Kier alpha value is -2.98. The number of hydrogen-bond donors (Lipinski definition) is 3. The smallest absolute Gasteiger partial charge is 0.431 e. The lowest BCUT2D eigenvalue weighted by atomic mass is 9.98. The highest BCUT2D eigenvalue weighted by molar-refractivity contribution is 7.51. The van der Waals surface area contributed by atoms with Gasteiger partial charge in [-0.1, -0.05) is 42.3 Å². The van der Waals surface area contributed by atoms with Crippen molar-refractivity contribution in [3.8, 4) is 11.1 Å². The number of amides is 1. The van der Waals surface area contributed by atoms with E-state index in [-0.39, 0.29) is 18.9 Å². The molecular formula is C28H34ClFNO9P. The maximum absolute atomic E-state index is 14.3. The number of halogens is 2. The molecule has 10 nitrogen and oxygen atoms in total. The van der Waals surface area contributed by atoms with Crippen molar-refractivity contribution >= 4 is 37.2 Å². The highest BCUT2D eigenvalue weighted by Crippen LogP contribution is 2.34. The predicted molar refractivity (Wildman–Crippen MR) is 149 cm³/mol. The second-order valence-electron chi connectivity index (χ2n) is 9.94. The van der Waals surface area contributed by atoms with E-state index in [1.165, 1.54) is 25.1 Å². The SMILES string of the molecule is C[C@@H](OC(=O)C[C@@H](Cc1ccc(-c2cc(Cl)ccc2F)cc1)NC(=O)CCP(=O)(O)O)OC(=O)OC1CCCCC1. The summed E-state index contributed by atoms with van der Waals surface area (Å²) in [4.78, 5) is 55.3. The largest absolute Gasteiger partial charge is 0.511 e. The van der Waals surface area contributed by atoms with Crippen LogP contribution in [0.1, 0.15) is 57.4 Å². The van der Waals surface area contributed by atoms with Gasteiger partial charge in [-0.2, -0.15) is 0 Å².